The van der Waals surface area contributed by atoms with E-state index in [2.05, 4.69) is 11.0 Å². The van der Waals surface area contributed by atoms with Crippen LogP contribution in [0.1, 0.15) is 12.5 Å². The molecule has 1 aromatic rings. The van der Waals surface area contributed by atoms with E-state index < -0.39 is 0 Å². The summed E-state index contributed by atoms with van der Waals surface area (Å²) in [7, 11) is 0. The summed E-state index contributed by atoms with van der Waals surface area (Å²) in [5, 5.41) is 8.91. The van der Waals surface area contributed by atoms with Gasteiger partial charge in [0.25, 0.3) is 0 Å². The third-order valence-electron chi connectivity index (χ3n) is 3.07. The van der Waals surface area contributed by atoms with Gasteiger partial charge in [-0.2, -0.15) is 5.26 Å². The molecule has 5 heteroatoms. The van der Waals surface area contributed by atoms with Gasteiger partial charge in [0, 0.05) is 30.9 Å². The Morgan fingerprint density at radius 2 is 2.42 bits per heavy atom. The highest BCUT2D eigenvalue weighted by atomic mass is 16.5. The second-order valence-electron chi connectivity index (χ2n) is 4.52. The van der Waals surface area contributed by atoms with Gasteiger partial charge in [-0.25, -0.2) is 0 Å². The number of nitrogen functional groups attached to an aromatic ring is 1. The molecule has 1 atom stereocenters. The maximum atomic E-state index is 8.91. The average molecular weight is 261 g/mol. The first kappa shape index (κ1) is 13.7. The van der Waals surface area contributed by atoms with Gasteiger partial charge in [0.1, 0.15) is 5.75 Å². The van der Waals surface area contributed by atoms with Crippen molar-refractivity contribution < 1.29 is 9.47 Å². The van der Waals surface area contributed by atoms with Crippen LogP contribution in [0.3, 0.4) is 0 Å². The molecule has 0 radical (unpaired) electrons. The number of benzene rings is 1. The fraction of sp³-hybridized carbons (Fsp3) is 0.500. The second kappa shape index (κ2) is 6.41. The van der Waals surface area contributed by atoms with Crippen LogP contribution in [0.4, 0.5) is 5.69 Å². The second-order valence-corrected chi connectivity index (χ2v) is 4.52. The topological polar surface area (TPSA) is 71.5 Å². The van der Waals surface area contributed by atoms with Gasteiger partial charge in [-0.15, -0.1) is 0 Å². The summed E-state index contributed by atoms with van der Waals surface area (Å²) < 4.78 is 10.9. The number of morpholine rings is 1. The standard InChI is InChI=1S/C14H19N3O2/c1-2-18-14-4-3-12(16)7-11(14)9-17-5-6-19-13(8-15)10-17/h3-4,7,13H,2,5-6,9-10,16H2,1H3. The third-order valence-corrected chi connectivity index (χ3v) is 3.07. The Kier molecular flexibility index (Phi) is 4.61. The molecule has 0 amide bonds. The molecule has 1 fully saturated rings. The van der Waals surface area contributed by atoms with Crippen LogP contribution in [0.2, 0.25) is 0 Å². The third kappa shape index (κ3) is 3.60. The maximum Gasteiger partial charge on any atom is 0.156 e. The van der Waals surface area contributed by atoms with Crippen LogP contribution >= 0.6 is 0 Å². The van der Waals surface area contributed by atoms with Crippen LogP contribution in [0.25, 0.3) is 0 Å². The summed E-state index contributed by atoms with van der Waals surface area (Å²) in [4.78, 5) is 2.19. The van der Waals surface area contributed by atoms with Crippen molar-refractivity contribution in [3.8, 4) is 11.8 Å². The molecular formula is C14H19N3O2. The number of ether oxygens (including phenoxy) is 2. The predicted octanol–water partition coefficient (Wildman–Crippen LogP) is 1.39. The minimum absolute atomic E-state index is 0.342. The van der Waals surface area contributed by atoms with Crippen molar-refractivity contribution in [2.45, 2.75) is 19.6 Å². The highest BCUT2D eigenvalue weighted by Gasteiger charge is 2.20. The van der Waals surface area contributed by atoms with E-state index >= 15 is 0 Å². The van der Waals surface area contributed by atoms with E-state index in [0.29, 0.717) is 19.8 Å². The van der Waals surface area contributed by atoms with Gasteiger partial charge in [0.05, 0.1) is 19.3 Å². The quantitative estimate of drug-likeness (QED) is 0.829. The lowest BCUT2D eigenvalue weighted by atomic mass is 10.1. The molecule has 1 aromatic carbocycles. The van der Waals surface area contributed by atoms with Gasteiger partial charge in [-0.1, -0.05) is 0 Å². The van der Waals surface area contributed by atoms with Crippen molar-refractivity contribution in [1.29, 1.82) is 5.26 Å². The van der Waals surface area contributed by atoms with E-state index in [-0.39, 0.29) is 6.10 Å². The molecule has 0 saturated carbocycles. The summed E-state index contributed by atoms with van der Waals surface area (Å²) in [6.07, 6.45) is -0.342. The first-order valence-electron chi connectivity index (χ1n) is 6.47. The molecule has 2 N–H and O–H groups in total. The molecule has 2 rings (SSSR count). The monoisotopic (exact) mass is 261 g/mol. The summed E-state index contributed by atoms with van der Waals surface area (Å²) in [6, 6.07) is 7.82. The number of nitrogens with zero attached hydrogens (tertiary/aromatic N) is 2. The van der Waals surface area contributed by atoms with Crippen molar-refractivity contribution in [2.24, 2.45) is 0 Å². The zero-order valence-corrected chi connectivity index (χ0v) is 11.1. The predicted molar refractivity (Wildman–Crippen MR) is 72.7 cm³/mol. The Hall–Kier alpha value is -1.77. The molecular weight excluding hydrogens is 242 g/mol. The summed E-state index contributed by atoms with van der Waals surface area (Å²) in [5.41, 5.74) is 7.61. The van der Waals surface area contributed by atoms with Crippen molar-refractivity contribution in [3.05, 3.63) is 23.8 Å². The first-order chi connectivity index (χ1) is 9.22. The smallest absolute Gasteiger partial charge is 0.156 e. The Balaban J connectivity index is 2.09. The van der Waals surface area contributed by atoms with Gasteiger partial charge < -0.3 is 15.2 Å². The fourth-order valence-electron chi connectivity index (χ4n) is 2.18. The largest absolute Gasteiger partial charge is 0.494 e. The zero-order valence-electron chi connectivity index (χ0n) is 11.1. The minimum Gasteiger partial charge on any atom is -0.494 e. The van der Waals surface area contributed by atoms with E-state index in [1.54, 1.807) is 0 Å². The molecule has 0 aliphatic carbocycles. The van der Waals surface area contributed by atoms with Crippen LogP contribution in [0, 0.1) is 11.3 Å². The van der Waals surface area contributed by atoms with Gasteiger partial charge in [-0.3, -0.25) is 4.90 Å². The molecule has 102 valence electrons. The minimum atomic E-state index is -0.342. The molecule has 0 spiro atoms. The van der Waals surface area contributed by atoms with E-state index in [4.69, 9.17) is 20.5 Å². The van der Waals surface area contributed by atoms with Crippen LogP contribution in [-0.4, -0.2) is 37.3 Å². The summed E-state index contributed by atoms with van der Waals surface area (Å²) in [6.45, 7) is 5.34. The number of hydrogen-bond donors (Lipinski definition) is 1. The lowest BCUT2D eigenvalue weighted by Crippen LogP contribution is -2.41. The van der Waals surface area contributed by atoms with E-state index in [0.717, 1.165) is 30.1 Å². The molecule has 0 aromatic heterocycles. The number of anilines is 1. The zero-order chi connectivity index (χ0) is 13.7. The van der Waals surface area contributed by atoms with Crippen molar-refractivity contribution >= 4 is 5.69 Å². The van der Waals surface area contributed by atoms with Crippen molar-refractivity contribution in [3.63, 3.8) is 0 Å². The highest BCUT2D eigenvalue weighted by molar-refractivity contribution is 5.47. The Morgan fingerprint density at radius 3 is 3.16 bits per heavy atom. The van der Waals surface area contributed by atoms with Gasteiger partial charge in [0.15, 0.2) is 6.10 Å². The fourth-order valence-corrected chi connectivity index (χ4v) is 2.18. The van der Waals surface area contributed by atoms with Gasteiger partial charge in [0.2, 0.25) is 0 Å². The number of nitrogens with two attached hydrogens (primary N) is 1. The Labute approximate surface area is 113 Å². The average Bonchev–Trinajstić information content (AvgIpc) is 2.42. The van der Waals surface area contributed by atoms with Crippen LogP contribution in [-0.2, 0) is 11.3 Å². The molecule has 19 heavy (non-hydrogen) atoms. The van der Waals surface area contributed by atoms with Gasteiger partial charge in [-0.05, 0) is 25.1 Å². The molecule has 1 heterocycles. The van der Waals surface area contributed by atoms with E-state index in [9.17, 15) is 0 Å². The molecule has 0 bridgehead atoms. The van der Waals surface area contributed by atoms with E-state index in [1.807, 2.05) is 25.1 Å². The van der Waals surface area contributed by atoms with Gasteiger partial charge >= 0.3 is 0 Å². The first-order valence-corrected chi connectivity index (χ1v) is 6.47. The summed E-state index contributed by atoms with van der Waals surface area (Å²) in [5.74, 6) is 0.858. The van der Waals surface area contributed by atoms with Crippen molar-refractivity contribution in [2.75, 3.05) is 32.0 Å². The molecule has 5 nitrogen and oxygen atoms in total. The maximum absolute atomic E-state index is 8.91. The molecule has 1 saturated heterocycles. The Bertz CT molecular complexity index is 470. The summed E-state index contributed by atoms with van der Waals surface area (Å²) >= 11 is 0. The van der Waals surface area contributed by atoms with E-state index in [1.165, 1.54) is 0 Å². The molecule has 1 unspecified atom stereocenters. The Morgan fingerprint density at radius 1 is 1.58 bits per heavy atom. The number of nitriles is 1. The number of hydrogen-bond acceptors (Lipinski definition) is 5. The molecule has 1 aliphatic rings. The lowest BCUT2D eigenvalue weighted by molar-refractivity contribution is -0.00294. The highest BCUT2D eigenvalue weighted by Crippen LogP contribution is 2.23. The van der Waals surface area contributed by atoms with Crippen LogP contribution in [0.15, 0.2) is 18.2 Å². The van der Waals surface area contributed by atoms with Crippen molar-refractivity contribution in [1.82, 2.24) is 4.90 Å². The number of rotatable bonds is 4. The van der Waals surface area contributed by atoms with Crippen LogP contribution < -0.4 is 10.5 Å². The van der Waals surface area contributed by atoms with Crippen LogP contribution in [0.5, 0.6) is 5.75 Å². The molecule has 1 aliphatic heterocycles. The lowest BCUT2D eigenvalue weighted by Gasteiger charge is -2.30. The SMILES string of the molecule is CCOc1ccc(N)cc1CN1CCOC(C#N)C1. The normalized spacial score (nSPS) is 19.9.